The lowest BCUT2D eigenvalue weighted by Crippen LogP contribution is -2.15. The van der Waals surface area contributed by atoms with Crippen LogP contribution in [0.4, 0.5) is 39.6 Å². The zero-order valence-electron chi connectivity index (χ0n) is 34.3. The van der Waals surface area contributed by atoms with Crippen molar-refractivity contribution < 1.29 is 0 Å². The molecular weight excluding hydrogens is 757 g/mol. The van der Waals surface area contributed by atoms with E-state index in [4.69, 9.17) is 30.3 Å². The normalized spacial score (nSPS) is 11.9. The molecular formula is C46H44N10S2. The summed E-state index contributed by atoms with van der Waals surface area (Å²) in [5.74, 6) is 1.51. The number of azo groups is 1. The fourth-order valence-electron chi connectivity index (χ4n) is 7.57. The number of rotatable bonds is 8. The van der Waals surface area contributed by atoms with E-state index in [-0.39, 0.29) is 0 Å². The fraction of sp³-hybridized carbons (Fsp3) is 0.239. The summed E-state index contributed by atoms with van der Waals surface area (Å²) in [7, 11) is 0. The third kappa shape index (κ3) is 7.12. The first-order valence-electron chi connectivity index (χ1n) is 19.1. The Kier molecular flexibility index (Phi) is 9.91. The topological polar surface area (TPSA) is 120 Å². The average Bonchev–Trinajstić information content (AvgIpc) is 3.88. The second-order valence-corrected chi connectivity index (χ2v) is 17.9. The van der Waals surface area contributed by atoms with Crippen LogP contribution >= 0.6 is 22.7 Å². The summed E-state index contributed by atoms with van der Waals surface area (Å²) in [5, 5.41) is 30.5. The van der Waals surface area contributed by atoms with E-state index in [9.17, 15) is 5.26 Å². The zero-order chi connectivity index (χ0) is 41.0. The monoisotopic (exact) mass is 800 g/mol. The van der Waals surface area contributed by atoms with Crippen molar-refractivity contribution in [3.63, 3.8) is 0 Å². The minimum Gasteiger partial charge on any atom is -0.338 e. The molecule has 0 saturated carbocycles. The van der Waals surface area contributed by atoms with Gasteiger partial charge < -0.3 is 5.32 Å². The van der Waals surface area contributed by atoms with Gasteiger partial charge in [0, 0.05) is 11.1 Å². The van der Waals surface area contributed by atoms with Gasteiger partial charge >= 0.3 is 0 Å². The first kappa shape index (κ1) is 38.6. The van der Waals surface area contributed by atoms with E-state index in [2.05, 4.69) is 88.2 Å². The van der Waals surface area contributed by atoms with Crippen LogP contribution < -0.4 is 10.2 Å². The molecule has 0 saturated heterocycles. The fourth-order valence-corrected chi connectivity index (χ4v) is 9.47. The maximum atomic E-state index is 10.6. The van der Waals surface area contributed by atoms with Gasteiger partial charge in [-0.3, -0.25) is 4.90 Å². The van der Waals surface area contributed by atoms with Gasteiger partial charge in [0.05, 0.1) is 31.8 Å². The Morgan fingerprint density at radius 2 is 1.29 bits per heavy atom. The average molecular weight is 801 g/mol. The van der Waals surface area contributed by atoms with Crippen molar-refractivity contribution >= 4 is 82.8 Å². The third-order valence-electron chi connectivity index (χ3n) is 10.0. The minimum atomic E-state index is -0.445. The molecule has 0 unspecified atom stereocenters. The highest BCUT2D eigenvalue weighted by molar-refractivity contribution is 7.22. The molecule has 0 bridgehead atoms. The van der Waals surface area contributed by atoms with Crippen LogP contribution in [0.25, 0.3) is 25.6 Å². The van der Waals surface area contributed by atoms with Crippen molar-refractivity contribution in [2.24, 2.45) is 10.2 Å². The molecule has 8 aromatic rings. The smallest absolute Gasteiger partial charge is 0.213 e. The number of thiazole rings is 2. The van der Waals surface area contributed by atoms with Crippen LogP contribution in [0.3, 0.4) is 0 Å². The second-order valence-electron chi connectivity index (χ2n) is 15.9. The minimum absolute atomic E-state index is 0.311. The molecule has 290 valence electrons. The highest BCUT2D eigenvalue weighted by Crippen LogP contribution is 2.45. The molecule has 10 nitrogen and oxygen atoms in total. The maximum Gasteiger partial charge on any atom is 0.213 e. The Hall–Kier alpha value is -6.29. The summed E-state index contributed by atoms with van der Waals surface area (Å²) in [6.07, 6.45) is 0. The Bertz CT molecular complexity index is 2860. The quantitative estimate of drug-likeness (QED) is 0.152. The largest absolute Gasteiger partial charge is 0.338 e. The SMILES string of the molecule is Cc1cc(C)c(Nc2nc(N(c3nc4ccccc4s3)c3c(C)cc(C)cc3C)cc(C)c2N=Nc2c(C#N)c(C(C)(C)C)nn2-c2nc3ccccc3s2)c(C)c1. The number of hydrogen-bond donors (Lipinski definition) is 1. The highest BCUT2D eigenvalue weighted by Gasteiger charge is 2.30. The summed E-state index contributed by atoms with van der Waals surface area (Å²) in [6.45, 7) is 20.8. The number of benzene rings is 4. The molecule has 0 aliphatic carbocycles. The standard InChI is InChI=1S/C46H44N10S2/c1-25-19-27(3)38(28(4)20-25)51-42-39(52-53-43-32(24-47)41(46(8,9)10)54-56(43)45-49-34-16-12-14-18-36(34)58-45)29(5)23-37(50-42)55(40-30(6)21-26(2)22-31(40)7)44-48-33-15-11-13-17-35(33)57-44/h11-23H,1-10H3,(H,50,51). The predicted molar refractivity (Wildman–Crippen MR) is 239 cm³/mol. The molecule has 8 rings (SSSR count). The molecule has 0 aliphatic heterocycles. The van der Waals surface area contributed by atoms with Crippen LogP contribution in [0.5, 0.6) is 0 Å². The van der Waals surface area contributed by atoms with Crippen LogP contribution in [0.1, 0.15) is 71.0 Å². The summed E-state index contributed by atoms with van der Waals surface area (Å²) in [4.78, 5) is 17.6. The number of aromatic nitrogens is 5. The van der Waals surface area contributed by atoms with E-state index in [0.29, 0.717) is 39.5 Å². The Morgan fingerprint density at radius 1 is 0.707 bits per heavy atom. The number of pyridine rings is 1. The third-order valence-corrected chi connectivity index (χ3v) is 12.1. The number of aryl methyl sites for hydroxylation is 7. The van der Waals surface area contributed by atoms with Crippen LogP contribution in [0, 0.1) is 59.8 Å². The first-order chi connectivity index (χ1) is 27.7. The van der Waals surface area contributed by atoms with Gasteiger partial charge in [-0.25, -0.2) is 15.0 Å². The van der Waals surface area contributed by atoms with Crippen molar-refractivity contribution in [2.45, 2.75) is 74.7 Å². The van der Waals surface area contributed by atoms with Crippen molar-refractivity contribution in [3.05, 3.63) is 129 Å². The van der Waals surface area contributed by atoms with Crippen LogP contribution in [0.2, 0.25) is 0 Å². The molecule has 12 heteroatoms. The van der Waals surface area contributed by atoms with Crippen molar-refractivity contribution in [1.29, 1.82) is 5.26 Å². The highest BCUT2D eigenvalue weighted by atomic mass is 32.1. The molecule has 0 spiro atoms. The molecule has 0 fully saturated rings. The molecule has 4 aromatic heterocycles. The summed E-state index contributed by atoms with van der Waals surface area (Å²) < 4.78 is 3.75. The molecule has 0 aliphatic rings. The van der Waals surface area contributed by atoms with E-state index in [1.165, 1.54) is 22.5 Å². The lowest BCUT2D eigenvalue weighted by atomic mass is 9.90. The maximum absolute atomic E-state index is 10.6. The number of anilines is 5. The van der Waals surface area contributed by atoms with E-state index >= 15 is 0 Å². The van der Waals surface area contributed by atoms with Crippen LogP contribution in [-0.4, -0.2) is 24.7 Å². The van der Waals surface area contributed by atoms with Crippen molar-refractivity contribution in [1.82, 2.24) is 24.7 Å². The van der Waals surface area contributed by atoms with Gasteiger partial charge in [0.15, 0.2) is 16.8 Å². The van der Waals surface area contributed by atoms with Gasteiger partial charge in [0.1, 0.15) is 23.1 Å². The van der Waals surface area contributed by atoms with Gasteiger partial charge in [-0.2, -0.15) is 15.0 Å². The second kappa shape index (κ2) is 14.9. The first-order valence-corrected chi connectivity index (χ1v) is 20.7. The molecule has 4 heterocycles. The molecule has 0 radical (unpaired) electrons. The van der Waals surface area contributed by atoms with Gasteiger partial charge in [-0.1, -0.05) is 103 Å². The number of nitrogens with one attached hydrogen (secondary N) is 1. The van der Waals surface area contributed by atoms with Gasteiger partial charge in [0.2, 0.25) is 5.13 Å². The molecule has 0 amide bonds. The predicted octanol–water partition coefficient (Wildman–Crippen LogP) is 13.4. The number of nitrogens with zero attached hydrogens (tertiary/aromatic N) is 9. The lowest BCUT2D eigenvalue weighted by Gasteiger charge is -2.27. The summed E-state index contributed by atoms with van der Waals surface area (Å²) in [6, 6.07) is 29.3. The molecule has 4 aromatic carbocycles. The van der Waals surface area contributed by atoms with Crippen molar-refractivity contribution in [3.8, 4) is 11.2 Å². The van der Waals surface area contributed by atoms with Crippen LogP contribution in [0.15, 0.2) is 89.1 Å². The zero-order valence-corrected chi connectivity index (χ0v) is 36.0. The molecule has 1 N–H and O–H groups in total. The number of nitriles is 1. The Labute approximate surface area is 346 Å². The van der Waals surface area contributed by atoms with Crippen LogP contribution in [-0.2, 0) is 5.41 Å². The van der Waals surface area contributed by atoms with E-state index < -0.39 is 5.41 Å². The van der Waals surface area contributed by atoms with Gasteiger partial charge in [-0.15, -0.1) is 10.2 Å². The van der Waals surface area contributed by atoms with E-state index in [1.807, 2.05) is 76.2 Å². The Morgan fingerprint density at radius 3 is 1.88 bits per heavy atom. The number of hydrogen-bond acceptors (Lipinski definition) is 11. The van der Waals surface area contributed by atoms with E-state index in [0.717, 1.165) is 64.8 Å². The number of para-hydroxylation sites is 2. The Balaban J connectivity index is 1.36. The number of fused-ring (bicyclic) bond motifs is 2. The summed E-state index contributed by atoms with van der Waals surface area (Å²) >= 11 is 3.12. The summed E-state index contributed by atoms with van der Waals surface area (Å²) in [5.41, 5.74) is 12.4. The molecule has 58 heavy (non-hydrogen) atoms. The van der Waals surface area contributed by atoms with Crippen molar-refractivity contribution in [2.75, 3.05) is 10.2 Å². The van der Waals surface area contributed by atoms with Gasteiger partial charge in [0.25, 0.3) is 0 Å². The van der Waals surface area contributed by atoms with Gasteiger partial charge in [-0.05, 0) is 107 Å². The van der Waals surface area contributed by atoms with E-state index in [1.54, 1.807) is 16.0 Å². The molecule has 0 atom stereocenters. The lowest BCUT2D eigenvalue weighted by molar-refractivity contribution is 0.559.